The van der Waals surface area contributed by atoms with E-state index in [9.17, 15) is 39.6 Å². The van der Waals surface area contributed by atoms with Crippen molar-refractivity contribution in [3.05, 3.63) is 207 Å². The van der Waals surface area contributed by atoms with Gasteiger partial charge in [-0.3, -0.25) is 0 Å². The Kier molecular flexibility index (Phi) is 11.2. The summed E-state index contributed by atoms with van der Waals surface area (Å²) in [4.78, 5) is 70.3. The van der Waals surface area contributed by atoms with Gasteiger partial charge in [0.1, 0.15) is 0 Å². The van der Waals surface area contributed by atoms with Crippen LogP contribution in [0.15, 0.2) is 182 Å². The number of halogens is 4. The van der Waals surface area contributed by atoms with Crippen molar-refractivity contribution in [2.45, 2.75) is 0 Å². The zero-order chi connectivity index (χ0) is 45.1. The quantitative estimate of drug-likeness (QED) is 0.134. The molecule has 0 atom stereocenters. The van der Waals surface area contributed by atoms with Gasteiger partial charge in [-0.05, 0) is 120 Å². The molecule has 0 saturated carbocycles. The van der Waals surface area contributed by atoms with Gasteiger partial charge in [-0.2, -0.15) is 0 Å². The molecule has 5 heterocycles. The van der Waals surface area contributed by atoms with E-state index in [0.717, 1.165) is 12.1 Å². The lowest BCUT2D eigenvalue weighted by atomic mass is 9.95. The third-order valence-electron chi connectivity index (χ3n) is 10.5. The highest BCUT2D eigenvalue weighted by Gasteiger charge is 2.31. The second-order valence-corrected chi connectivity index (χ2v) is 17.8. The SMILES string of the molecule is O=C(O)c1cc(C(=O)O)cc(C2=C3C=CC(=N3)C(c3c(Br)cccc3Br)=C3C=CC(=N3)C(c3cc(C(=O)O)cc(C(=O)O)c3)=C3C=CC(=N3)C(c3c(Br)cccc3Br)=C3C=CC2=N3)c1. The van der Waals surface area contributed by atoms with E-state index in [1.54, 1.807) is 48.6 Å². The van der Waals surface area contributed by atoms with Crippen LogP contribution >= 0.6 is 63.7 Å². The van der Waals surface area contributed by atoms with Crippen molar-refractivity contribution in [2.24, 2.45) is 20.0 Å². The smallest absolute Gasteiger partial charge is 0.335 e. The van der Waals surface area contributed by atoms with Crippen molar-refractivity contribution >= 4 is 133 Å². The zero-order valence-corrected chi connectivity index (χ0v) is 38.6. The van der Waals surface area contributed by atoms with Crippen LogP contribution in [0.4, 0.5) is 0 Å². The number of hydrogen-bond acceptors (Lipinski definition) is 8. The van der Waals surface area contributed by atoms with Gasteiger partial charge in [0.15, 0.2) is 0 Å². The summed E-state index contributed by atoms with van der Waals surface area (Å²) in [6.45, 7) is 0. The lowest BCUT2D eigenvalue weighted by molar-refractivity contribution is 0.0676. The van der Waals surface area contributed by atoms with Gasteiger partial charge in [-0.15, -0.1) is 0 Å². The first-order valence-corrected chi connectivity index (χ1v) is 22.0. The maximum absolute atomic E-state index is 12.4. The van der Waals surface area contributed by atoms with Crippen molar-refractivity contribution in [2.75, 3.05) is 0 Å². The third kappa shape index (κ3) is 7.72. The Labute approximate surface area is 396 Å². The van der Waals surface area contributed by atoms with Crippen LogP contribution in [0.1, 0.15) is 63.7 Å². The number of benzene rings is 4. The minimum atomic E-state index is -1.32. The topological polar surface area (TPSA) is 199 Å². The van der Waals surface area contributed by atoms with Crippen molar-refractivity contribution in [1.82, 2.24) is 0 Å². The number of rotatable bonds is 8. The molecule has 0 fully saturated rings. The molecule has 0 aromatic heterocycles. The Bertz CT molecular complexity index is 3000. The molecule has 9 rings (SSSR count). The van der Waals surface area contributed by atoms with Gasteiger partial charge in [-0.1, -0.05) is 75.9 Å². The van der Waals surface area contributed by atoms with Crippen molar-refractivity contribution in [3.63, 3.8) is 0 Å². The van der Waals surface area contributed by atoms with E-state index in [1.807, 2.05) is 36.4 Å². The lowest BCUT2D eigenvalue weighted by Gasteiger charge is -2.15. The van der Waals surface area contributed by atoms with Crippen LogP contribution in [-0.4, -0.2) is 67.2 Å². The monoisotopic (exact) mass is 1100 g/mol. The first kappa shape index (κ1) is 42.6. The number of allylic oxidation sites excluding steroid dienone is 12. The summed E-state index contributed by atoms with van der Waals surface area (Å²) in [7, 11) is 0. The molecule has 4 aromatic carbocycles. The van der Waals surface area contributed by atoms with Crippen molar-refractivity contribution < 1.29 is 39.6 Å². The average molecular weight is 1100 g/mol. The molecule has 0 spiro atoms. The van der Waals surface area contributed by atoms with Gasteiger partial charge >= 0.3 is 23.9 Å². The summed E-state index contributed by atoms with van der Waals surface area (Å²) in [6.07, 6.45) is 14.0. The number of carboxylic acids is 4. The minimum absolute atomic E-state index is 0.242. The average Bonchev–Trinajstić information content (AvgIpc) is 4.10. The van der Waals surface area contributed by atoms with Gasteiger partial charge in [0.2, 0.25) is 0 Å². The molecule has 4 N–H and O–H groups in total. The van der Waals surface area contributed by atoms with E-state index in [2.05, 4.69) is 63.7 Å². The van der Waals surface area contributed by atoms with Crippen LogP contribution in [0, 0.1) is 0 Å². The van der Waals surface area contributed by atoms with E-state index in [1.165, 1.54) is 24.3 Å². The fourth-order valence-corrected chi connectivity index (χ4v) is 10.5. The number of carbonyl (C=O) groups is 4. The first-order valence-electron chi connectivity index (χ1n) is 18.9. The molecule has 0 unspecified atom stereocenters. The number of carboxylic acid groups (broad SMARTS) is 4. The van der Waals surface area contributed by atoms with Crippen LogP contribution in [-0.2, 0) is 0 Å². The summed E-state index contributed by atoms with van der Waals surface area (Å²) in [5.41, 5.74) is 5.69. The Morgan fingerprint density at radius 2 is 0.609 bits per heavy atom. The summed E-state index contributed by atoms with van der Waals surface area (Å²) in [5.74, 6) is -5.29. The van der Waals surface area contributed by atoms with Crippen LogP contribution in [0.2, 0.25) is 0 Å². The largest absolute Gasteiger partial charge is 0.478 e. The second kappa shape index (κ2) is 16.8. The minimum Gasteiger partial charge on any atom is -0.478 e. The Morgan fingerprint density at radius 3 is 0.875 bits per heavy atom. The fourth-order valence-electron chi connectivity index (χ4n) is 7.70. The first-order chi connectivity index (χ1) is 30.7. The second-order valence-electron chi connectivity index (χ2n) is 14.4. The number of fused-ring (bicyclic) bond motifs is 4. The molecule has 64 heavy (non-hydrogen) atoms. The molecule has 8 bridgehead atoms. The van der Waals surface area contributed by atoms with Crippen molar-refractivity contribution in [1.29, 1.82) is 0 Å². The standard InChI is InChI=1S/C48H24Br4N4O8/c49-27-3-1-4-28(50)41(27)43-35-11-7-31(53-35)39(21-15-23(45(57)58)19-24(16-21)46(59)60)33-9-13-37(55-33)44(42-29(51)5-2-6-30(42)52)38-14-10-34(56-38)40(32-8-12-36(43)54-32)22-17-25(47(61)62)20-26(18-22)48(63)64/h1-20H,(H,57,58)(H,59,60)(H,61,62)(H,63,64). The number of nitrogens with zero attached hydrogens (tertiary/aromatic N) is 4. The molecule has 312 valence electrons. The summed E-state index contributed by atoms with van der Waals surface area (Å²) in [5, 5.41) is 40.5. The van der Waals surface area contributed by atoms with Crippen LogP contribution < -0.4 is 0 Å². The molecule has 5 aliphatic rings. The van der Waals surface area contributed by atoms with Gasteiger partial charge in [0.25, 0.3) is 0 Å². The van der Waals surface area contributed by atoms with Gasteiger partial charge < -0.3 is 20.4 Å². The number of aliphatic imine (C=N–C) groups is 4. The van der Waals surface area contributed by atoms with Crippen LogP contribution in [0.3, 0.4) is 0 Å². The highest BCUT2D eigenvalue weighted by Crippen LogP contribution is 2.43. The van der Waals surface area contributed by atoms with Gasteiger partial charge in [-0.25, -0.2) is 39.1 Å². The third-order valence-corrected chi connectivity index (χ3v) is 13.1. The molecule has 0 aliphatic carbocycles. The highest BCUT2D eigenvalue weighted by molar-refractivity contribution is 9.11. The molecule has 16 heteroatoms. The predicted octanol–water partition coefficient (Wildman–Crippen LogP) is 11.5. The summed E-state index contributed by atoms with van der Waals surface area (Å²) in [6, 6.07) is 18.8. The van der Waals surface area contributed by atoms with Crippen LogP contribution in [0.25, 0.3) is 22.3 Å². The normalized spacial score (nSPS) is 16.2. The van der Waals surface area contributed by atoms with E-state index >= 15 is 0 Å². The van der Waals surface area contributed by atoms with E-state index in [4.69, 9.17) is 20.0 Å². The molecule has 5 aliphatic heterocycles. The molecular weight excluding hydrogens is 1080 g/mol. The van der Waals surface area contributed by atoms with Crippen molar-refractivity contribution in [3.8, 4) is 0 Å². The molecule has 0 amide bonds. The summed E-state index contributed by atoms with van der Waals surface area (Å²) >= 11 is 14.9. The summed E-state index contributed by atoms with van der Waals surface area (Å²) < 4.78 is 2.72. The maximum atomic E-state index is 12.4. The van der Waals surface area contributed by atoms with E-state index < -0.39 is 23.9 Å². The van der Waals surface area contributed by atoms with E-state index in [-0.39, 0.29) is 33.4 Å². The molecular formula is C48H24Br4N4O8. The lowest BCUT2D eigenvalue weighted by Crippen LogP contribution is -2.08. The molecule has 4 aromatic rings. The van der Waals surface area contributed by atoms with Gasteiger partial charge in [0.05, 0.1) is 67.9 Å². The van der Waals surface area contributed by atoms with E-state index in [0.29, 0.717) is 96.9 Å². The predicted molar refractivity (Wildman–Crippen MR) is 258 cm³/mol. The fraction of sp³-hybridized carbons (Fsp3) is 0. The van der Waals surface area contributed by atoms with Crippen LogP contribution in [0.5, 0.6) is 0 Å². The molecule has 12 nitrogen and oxygen atoms in total. The maximum Gasteiger partial charge on any atom is 0.335 e. The highest BCUT2D eigenvalue weighted by atomic mass is 79.9. The number of aromatic carboxylic acids is 4. The Morgan fingerprint density at radius 1 is 0.359 bits per heavy atom. The Balaban J connectivity index is 1.43. The molecule has 0 radical (unpaired) electrons. The zero-order valence-electron chi connectivity index (χ0n) is 32.3. The van der Waals surface area contributed by atoms with Gasteiger partial charge in [0, 0.05) is 51.3 Å². The molecule has 0 saturated heterocycles. The number of hydrogen-bond donors (Lipinski definition) is 4. The Hall–Kier alpha value is -6.72.